The van der Waals surface area contributed by atoms with Gasteiger partial charge in [0, 0.05) is 80.1 Å². The molecule has 0 saturated carbocycles. The van der Waals surface area contributed by atoms with E-state index in [2.05, 4.69) is 10.6 Å². The second kappa shape index (κ2) is 12.0. The monoisotopic (exact) mass is 567 g/mol. The minimum absolute atomic E-state index is 0.0452. The van der Waals surface area contributed by atoms with Crippen LogP contribution in [0.1, 0.15) is 31.1 Å². The minimum atomic E-state index is -0.808. The molecule has 3 aromatic rings. The topological polar surface area (TPSA) is 85.0 Å². The highest BCUT2D eigenvalue weighted by molar-refractivity contribution is 6.31. The van der Waals surface area contributed by atoms with Crippen molar-refractivity contribution < 1.29 is 23.2 Å². The SMILES string of the molecule is O=C(Nc1cc(C(=O)N2CCNCC2)ccc1N1CCN(C(=O)c2cc(F)cc(F)c2)CC1)c1cccc(Cl)c1. The lowest BCUT2D eigenvalue weighted by molar-refractivity contribution is 0.0731. The summed E-state index contributed by atoms with van der Waals surface area (Å²) >= 11 is 6.08. The molecule has 0 spiro atoms. The summed E-state index contributed by atoms with van der Waals surface area (Å²) in [7, 11) is 0. The number of carbonyl (C=O) groups is 3. The molecule has 40 heavy (non-hydrogen) atoms. The highest BCUT2D eigenvalue weighted by Gasteiger charge is 2.26. The first kappa shape index (κ1) is 27.5. The molecule has 208 valence electrons. The van der Waals surface area contributed by atoms with Crippen LogP contribution in [0.25, 0.3) is 0 Å². The first-order chi connectivity index (χ1) is 19.3. The van der Waals surface area contributed by atoms with E-state index in [0.29, 0.717) is 79.9 Å². The number of anilines is 2. The van der Waals surface area contributed by atoms with Gasteiger partial charge in [0.25, 0.3) is 17.7 Å². The lowest BCUT2D eigenvalue weighted by atomic mass is 10.1. The second-order valence-corrected chi connectivity index (χ2v) is 10.1. The summed E-state index contributed by atoms with van der Waals surface area (Å²) in [5.41, 5.74) is 1.93. The number of amides is 3. The predicted molar refractivity (Wildman–Crippen MR) is 149 cm³/mol. The van der Waals surface area contributed by atoms with E-state index in [-0.39, 0.29) is 17.4 Å². The van der Waals surface area contributed by atoms with Gasteiger partial charge in [-0.25, -0.2) is 8.78 Å². The fourth-order valence-electron chi connectivity index (χ4n) is 4.93. The molecule has 8 nitrogen and oxygen atoms in total. The Labute approximate surface area is 235 Å². The Hall–Kier alpha value is -4.02. The van der Waals surface area contributed by atoms with Crippen molar-refractivity contribution in [2.75, 3.05) is 62.6 Å². The second-order valence-electron chi connectivity index (χ2n) is 9.68. The third-order valence-corrected chi connectivity index (χ3v) is 7.23. The normalized spacial score (nSPS) is 15.6. The zero-order valence-corrected chi connectivity index (χ0v) is 22.4. The fourth-order valence-corrected chi connectivity index (χ4v) is 5.12. The molecule has 2 N–H and O–H groups in total. The van der Waals surface area contributed by atoms with Crippen molar-refractivity contribution in [1.29, 1.82) is 0 Å². The van der Waals surface area contributed by atoms with E-state index in [1.165, 1.54) is 4.90 Å². The van der Waals surface area contributed by atoms with Gasteiger partial charge in [-0.3, -0.25) is 14.4 Å². The van der Waals surface area contributed by atoms with Gasteiger partial charge in [0.05, 0.1) is 11.4 Å². The molecule has 0 aliphatic carbocycles. The van der Waals surface area contributed by atoms with E-state index < -0.39 is 17.5 Å². The molecule has 2 aliphatic rings. The third kappa shape index (κ3) is 6.24. The van der Waals surface area contributed by atoms with Crippen LogP contribution < -0.4 is 15.5 Å². The Morgan fingerprint density at radius 2 is 1.38 bits per heavy atom. The number of piperazine rings is 2. The maximum absolute atomic E-state index is 13.6. The van der Waals surface area contributed by atoms with Crippen LogP contribution in [0.2, 0.25) is 5.02 Å². The molecule has 0 unspecified atom stereocenters. The number of halogens is 3. The van der Waals surface area contributed by atoms with Gasteiger partial charge in [-0.05, 0) is 48.5 Å². The average molecular weight is 568 g/mol. The van der Waals surface area contributed by atoms with Gasteiger partial charge in [0.15, 0.2) is 0 Å². The van der Waals surface area contributed by atoms with Crippen LogP contribution in [0.4, 0.5) is 20.2 Å². The van der Waals surface area contributed by atoms with E-state index in [9.17, 15) is 23.2 Å². The van der Waals surface area contributed by atoms with Gasteiger partial charge in [-0.15, -0.1) is 0 Å². The van der Waals surface area contributed by atoms with E-state index in [1.54, 1.807) is 47.4 Å². The molecule has 3 aromatic carbocycles. The Morgan fingerprint density at radius 3 is 2.05 bits per heavy atom. The zero-order valence-electron chi connectivity index (χ0n) is 21.6. The molecule has 3 amide bonds. The van der Waals surface area contributed by atoms with Crippen molar-refractivity contribution in [2.45, 2.75) is 0 Å². The van der Waals surface area contributed by atoms with Gasteiger partial charge >= 0.3 is 0 Å². The minimum Gasteiger partial charge on any atom is -0.366 e. The molecule has 5 rings (SSSR count). The van der Waals surface area contributed by atoms with Crippen molar-refractivity contribution in [1.82, 2.24) is 15.1 Å². The van der Waals surface area contributed by atoms with Gasteiger partial charge in [0.1, 0.15) is 11.6 Å². The Kier molecular flexibility index (Phi) is 8.27. The first-order valence-corrected chi connectivity index (χ1v) is 13.4. The molecule has 0 atom stereocenters. The van der Waals surface area contributed by atoms with Gasteiger partial charge in [-0.2, -0.15) is 0 Å². The van der Waals surface area contributed by atoms with Crippen LogP contribution in [-0.4, -0.2) is 79.9 Å². The molecular weight excluding hydrogens is 540 g/mol. The standard InChI is InChI=1S/C29H28ClF2N5O3/c30-22-3-1-2-19(14-22)27(38)34-25-17-20(28(39)36-8-6-33-7-9-36)4-5-26(25)35-10-12-37(13-11-35)29(40)21-15-23(31)18-24(32)16-21/h1-5,14-18,33H,6-13H2,(H,34,38). The van der Waals surface area contributed by atoms with Crippen molar-refractivity contribution >= 4 is 40.7 Å². The van der Waals surface area contributed by atoms with Gasteiger partial charge in [0.2, 0.25) is 0 Å². The van der Waals surface area contributed by atoms with Crippen LogP contribution in [0.5, 0.6) is 0 Å². The summed E-state index contributed by atoms with van der Waals surface area (Å²) in [6.45, 7) is 4.05. The van der Waals surface area contributed by atoms with E-state index in [4.69, 9.17) is 11.6 Å². The molecule has 2 aliphatic heterocycles. The summed E-state index contributed by atoms with van der Waals surface area (Å²) in [6.07, 6.45) is 0. The largest absolute Gasteiger partial charge is 0.366 e. The quantitative estimate of drug-likeness (QED) is 0.489. The number of benzene rings is 3. The van der Waals surface area contributed by atoms with E-state index in [1.807, 2.05) is 4.90 Å². The van der Waals surface area contributed by atoms with Gasteiger partial charge in [-0.1, -0.05) is 17.7 Å². The molecule has 2 fully saturated rings. The highest BCUT2D eigenvalue weighted by atomic mass is 35.5. The van der Waals surface area contributed by atoms with Crippen LogP contribution in [0.15, 0.2) is 60.7 Å². The average Bonchev–Trinajstić information content (AvgIpc) is 2.96. The van der Waals surface area contributed by atoms with Crippen LogP contribution in [-0.2, 0) is 0 Å². The van der Waals surface area contributed by atoms with E-state index >= 15 is 0 Å². The first-order valence-electron chi connectivity index (χ1n) is 13.0. The van der Waals surface area contributed by atoms with Gasteiger partial charge < -0.3 is 25.3 Å². The van der Waals surface area contributed by atoms with Crippen LogP contribution in [0, 0.1) is 11.6 Å². The number of hydrogen-bond acceptors (Lipinski definition) is 5. The number of nitrogens with zero attached hydrogens (tertiary/aromatic N) is 3. The zero-order chi connectivity index (χ0) is 28.2. The Morgan fingerprint density at radius 1 is 0.725 bits per heavy atom. The number of carbonyl (C=O) groups excluding carboxylic acids is 3. The molecule has 0 radical (unpaired) electrons. The highest BCUT2D eigenvalue weighted by Crippen LogP contribution is 2.30. The maximum Gasteiger partial charge on any atom is 0.255 e. The predicted octanol–water partition coefficient (Wildman–Crippen LogP) is 3.88. The molecule has 2 heterocycles. The van der Waals surface area contributed by atoms with Crippen LogP contribution in [0.3, 0.4) is 0 Å². The van der Waals surface area contributed by atoms with Crippen LogP contribution >= 0.6 is 11.6 Å². The summed E-state index contributed by atoms with van der Waals surface area (Å²) in [4.78, 5) is 44.5. The Balaban J connectivity index is 1.37. The molecule has 0 aromatic heterocycles. The van der Waals surface area contributed by atoms with Crippen molar-refractivity contribution in [2.24, 2.45) is 0 Å². The van der Waals surface area contributed by atoms with E-state index in [0.717, 1.165) is 18.2 Å². The lowest BCUT2D eigenvalue weighted by Gasteiger charge is -2.37. The Bertz CT molecular complexity index is 1420. The summed E-state index contributed by atoms with van der Waals surface area (Å²) in [5, 5.41) is 6.59. The number of hydrogen-bond donors (Lipinski definition) is 2. The van der Waals surface area contributed by atoms with Crippen molar-refractivity contribution in [3.05, 3.63) is 94.0 Å². The maximum atomic E-state index is 13.6. The summed E-state index contributed by atoms with van der Waals surface area (Å²) < 4.78 is 27.3. The van der Waals surface area contributed by atoms with Crippen molar-refractivity contribution in [3.8, 4) is 0 Å². The fraction of sp³-hybridized carbons (Fsp3) is 0.276. The number of rotatable bonds is 5. The molecule has 2 saturated heterocycles. The van der Waals surface area contributed by atoms with Crippen molar-refractivity contribution in [3.63, 3.8) is 0 Å². The number of nitrogens with one attached hydrogen (secondary N) is 2. The molecule has 0 bridgehead atoms. The summed E-state index contributed by atoms with van der Waals surface area (Å²) in [5.74, 6) is -2.57. The molecule has 11 heteroatoms. The summed E-state index contributed by atoms with van der Waals surface area (Å²) in [6, 6.07) is 14.6. The third-order valence-electron chi connectivity index (χ3n) is 7.00. The smallest absolute Gasteiger partial charge is 0.255 e. The molecular formula is C29H28ClF2N5O3. The lowest BCUT2D eigenvalue weighted by Crippen LogP contribution is -2.49.